The van der Waals surface area contributed by atoms with Gasteiger partial charge in [-0.1, -0.05) is 175 Å². The van der Waals surface area contributed by atoms with Gasteiger partial charge in [-0.3, -0.25) is 4.79 Å². The van der Waals surface area contributed by atoms with Gasteiger partial charge in [0, 0.05) is 35.1 Å². The lowest BCUT2D eigenvalue weighted by atomic mass is 10.0. The fourth-order valence-electron chi connectivity index (χ4n) is 7.33. The minimum atomic E-state index is -0.00429. The van der Waals surface area contributed by atoms with Crippen LogP contribution in [0.1, 0.15) is 234 Å². The van der Waals surface area contributed by atoms with E-state index in [0.717, 1.165) is 63.3 Å². The van der Waals surface area contributed by atoms with Crippen LogP contribution in [-0.2, 0) is 19.0 Å². The highest BCUT2D eigenvalue weighted by Crippen LogP contribution is 2.17. The predicted molar refractivity (Wildman–Crippen MR) is 249 cm³/mol. The Morgan fingerprint density at radius 2 is 0.982 bits per heavy atom. The van der Waals surface area contributed by atoms with Crippen molar-refractivity contribution in [3.63, 3.8) is 0 Å². The molecule has 0 aromatic heterocycles. The fraction of sp³-hybridized carbons (Fsp3) is 0.958. The second kappa shape index (κ2) is 45.1. The topological polar surface area (TPSA) is 63.3 Å². The molecule has 0 aromatic carbocycles. The van der Waals surface area contributed by atoms with E-state index >= 15 is 0 Å². The van der Waals surface area contributed by atoms with Crippen LogP contribution in [0.3, 0.4) is 0 Å². The van der Waals surface area contributed by atoms with Crippen LogP contribution in [-0.4, -0.2) is 87.3 Å². The van der Waals surface area contributed by atoms with Gasteiger partial charge in [0.25, 0.3) is 0 Å². The van der Waals surface area contributed by atoms with Gasteiger partial charge in [0.05, 0.1) is 12.7 Å². The molecule has 1 atom stereocenters. The lowest BCUT2D eigenvalue weighted by Gasteiger charge is -2.23. The highest BCUT2D eigenvalue weighted by molar-refractivity contribution is 7.80. The van der Waals surface area contributed by atoms with Crippen molar-refractivity contribution in [1.29, 1.82) is 0 Å². The number of nitrogens with one attached hydrogen (secondary N) is 1. The highest BCUT2D eigenvalue weighted by Gasteiger charge is 2.10. The number of ether oxygens (including phenoxy) is 3. The molecular formula is C48H99N3O4S. The minimum absolute atomic E-state index is 0. The van der Waals surface area contributed by atoms with Gasteiger partial charge in [-0.05, 0) is 83.2 Å². The number of rotatable bonds is 45. The van der Waals surface area contributed by atoms with Crippen LogP contribution < -0.4 is 5.32 Å². The maximum Gasteiger partial charge on any atom is 0.305 e. The first kappa shape index (κ1) is 55.0. The number of hydrogen-bond acceptors (Lipinski definition) is 6. The molecule has 0 rings (SSSR count). The third kappa shape index (κ3) is 41.2. The number of carbonyl (C=O) groups excluding carboxylic acids is 1. The van der Waals surface area contributed by atoms with E-state index in [1.807, 2.05) is 19.0 Å². The van der Waals surface area contributed by atoms with Crippen molar-refractivity contribution in [2.75, 3.05) is 60.3 Å². The summed E-state index contributed by atoms with van der Waals surface area (Å²) in [5.41, 5.74) is 0. The molecule has 0 bridgehead atoms. The van der Waals surface area contributed by atoms with E-state index in [0.29, 0.717) is 25.9 Å². The molecule has 56 heavy (non-hydrogen) atoms. The second-order valence-corrected chi connectivity index (χ2v) is 17.3. The van der Waals surface area contributed by atoms with Crippen LogP contribution in [0.5, 0.6) is 0 Å². The molecule has 0 heterocycles. The first-order valence-corrected chi connectivity index (χ1v) is 24.9. The van der Waals surface area contributed by atoms with Crippen molar-refractivity contribution >= 4 is 23.3 Å². The smallest absolute Gasteiger partial charge is 0.305 e. The highest BCUT2D eigenvalue weighted by atomic mass is 32.1. The summed E-state index contributed by atoms with van der Waals surface area (Å²) in [5.74, 6) is -0.00429. The average Bonchev–Trinajstić information content (AvgIpc) is 3.19. The van der Waals surface area contributed by atoms with Crippen LogP contribution in [0.25, 0.3) is 0 Å². The lowest BCUT2D eigenvalue weighted by Crippen LogP contribution is -2.36. The van der Waals surface area contributed by atoms with Gasteiger partial charge < -0.3 is 29.3 Å². The van der Waals surface area contributed by atoms with Gasteiger partial charge in [-0.2, -0.15) is 0 Å². The third-order valence-electron chi connectivity index (χ3n) is 11.1. The predicted octanol–water partition coefficient (Wildman–Crippen LogP) is 13.8. The number of esters is 1. The molecule has 0 aliphatic heterocycles. The quantitative estimate of drug-likeness (QED) is 0.0282. The molecule has 0 radical (unpaired) electrons. The molecule has 1 unspecified atom stereocenters. The van der Waals surface area contributed by atoms with E-state index in [4.69, 9.17) is 26.4 Å². The van der Waals surface area contributed by atoms with Gasteiger partial charge >= 0.3 is 5.97 Å². The molecule has 0 aromatic rings. The van der Waals surface area contributed by atoms with E-state index in [-0.39, 0.29) is 7.40 Å². The van der Waals surface area contributed by atoms with E-state index in [9.17, 15) is 4.79 Å². The van der Waals surface area contributed by atoms with E-state index in [1.165, 1.54) is 180 Å². The Kier molecular flexibility index (Phi) is 44.4. The van der Waals surface area contributed by atoms with Gasteiger partial charge in [0.1, 0.15) is 6.79 Å². The summed E-state index contributed by atoms with van der Waals surface area (Å²) in [6, 6.07) is 0. The molecule has 0 aliphatic rings. The number of thiocarbonyl (C=S) groups is 1. The van der Waals surface area contributed by atoms with Crippen molar-refractivity contribution in [3.05, 3.63) is 0 Å². The Morgan fingerprint density at radius 3 is 1.50 bits per heavy atom. The molecule has 0 aliphatic carbocycles. The van der Waals surface area contributed by atoms with Crippen LogP contribution in [0.15, 0.2) is 0 Å². The standard InChI is InChI=1S/C48H97N3O4S.H2/c1-6-9-12-15-17-23-30-38-47(52)54-44-34-27-20-25-32-41-51(42-35-39-49-48(56)50(4)5)40-31-24-18-19-26-33-43-53-45-55-46(36-28-21-14-11-8-3)37-29-22-16-13-10-7-2;/h46H,6-45H2,1-5H3,(H,49,56);1H. The van der Waals surface area contributed by atoms with Crippen molar-refractivity contribution < 1.29 is 20.4 Å². The summed E-state index contributed by atoms with van der Waals surface area (Å²) < 4.78 is 17.7. The zero-order chi connectivity index (χ0) is 41.0. The Balaban J connectivity index is 0. The molecule has 1 N–H and O–H groups in total. The maximum absolute atomic E-state index is 12.0. The van der Waals surface area contributed by atoms with Crippen molar-refractivity contribution in [1.82, 2.24) is 15.1 Å². The molecule has 336 valence electrons. The number of hydrogen-bond donors (Lipinski definition) is 1. The number of nitrogens with zero attached hydrogens (tertiary/aromatic N) is 2. The maximum atomic E-state index is 12.0. The van der Waals surface area contributed by atoms with Crippen LogP contribution in [0.2, 0.25) is 0 Å². The number of unbranched alkanes of at least 4 members (excludes halogenated alkanes) is 24. The molecule has 0 amide bonds. The summed E-state index contributed by atoms with van der Waals surface area (Å²) in [4.78, 5) is 16.7. The monoisotopic (exact) mass is 814 g/mol. The largest absolute Gasteiger partial charge is 0.466 e. The summed E-state index contributed by atoms with van der Waals surface area (Å²) in [6.45, 7) is 13.1. The first-order chi connectivity index (χ1) is 27.4. The molecule has 7 nitrogen and oxygen atoms in total. The summed E-state index contributed by atoms with van der Waals surface area (Å²) in [7, 11) is 3.99. The van der Waals surface area contributed by atoms with Crippen LogP contribution in [0, 0.1) is 0 Å². The van der Waals surface area contributed by atoms with Crippen LogP contribution in [0.4, 0.5) is 0 Å². The van der Waals surface area contributed by atoms with E-state index < -0.39 is 0 Å². The lowest BCUT2D eigenvalue weighted by molar-refractivity contribution is -0.143. The van der Waals surface area contributed by atoms with Gasteiger partial charge in [-0.15, -0.1) is 0 Å². The molecule has 8 heteroatoms. The van der Waals surface area contributed by atoms with Gasteiger partial charge in [-0.25, -0.2) is 0 Å². The summed E-state index contributed by atoms with van der Waals surface area (Å²) in [5, 5.41) is 4.20. The Labute approximate surface area is 356 Å². The molecule has 0 spiro atoms. The molecule has 0 saturated carbocycles. The first-order valence-electron chi connectivity index (χ1n) is 24.5. The molecule has 0 fully saturated rings. The average molecular weight is 814 g/mol. The fourth-order valence-corrected chi connectivity index (χ4v) is 7.43. The second-order valence-electron chi connectivity index (χ2n) is 16.9. The normalized spacial score (nSPS) is 12.0. The zero-order valence-electron chi connectivity index (χ0n) is 38.3. The SMILES string of the molecule is CCCCCCCCCC(=O)OCCCCCCCN(CCCCCCCCOCOC(CCCCCCC)CCCCCCCC)CCCNC(=S)N(C)C.[HH]. The summed E-state index contributed by atoms with van der Waals surface area (Å²) in [6.07, 6.45) is 41.3. The Bertz CT molecular complexity index is 825. The molecular weight excluding hydrogens is 715 g/mol. The Hall–Kier alpha value is -0.960. The van der Waals surface area contributed by atoms with Gasteiger partial charge in [0.15, 0.2) is 5.11 Å². The van der Waals surface area contributed by atoms with E-state index in [1.54, 1.807) is 0 Å². The molecule has 0 saturated heterocycles. The van der Waals surface area contributed by atoms with Crippen molar-refractivity contribution in [3.8, 4) is 0 Å². The summed E-state index contributed by atoms with van der Waals surface area (Å²) >= 11 is 5.41. The van der Waals surface area contributed by atoms with Crippen molar-refractivity contribution in [2.24, 2.45) is 0 Å². The van der Waals surface area contributed by atoms with Crippen LogP contribution >= 0.6 is 12.2 Å². The number of carbonyl (C=O) groups is 1. The van der Waals surface area contributed by atoms with E-state index in [2.05, 4.69) is 31.0 Å². The Morgan fingerprint density at radius 1 is 0.554 bits per heavy atom. The third-order valence-corrected chi connectivity index (χ3v) is 11.6. The minimum Gasteiger partial charge on any atom is -0.466 e. The zero-order valence-corrected chi connectivity index (χ0v) is 39.1. The van der Waals surface area contributed by atoms with Gasteiger partial charge in [0.2, 0.25) is 0 Å². The van der Waals surface area contributed by atoms with Crippen molar-refractivity contribution in [2.45, 2.75) is 239 Å².